The molecule has 0 bridgehead atoms. The Hall–Kier alpha value is -4.31. The lowest BCUT2D eigenvalue weighted by atomic mass is 10.1. The van der Waals surface area contributed by atoms with Crippen molar-refractivity contribution in [3.8, 4) is 34.2 Å². The van der Waals surface area contributed by atoms with E-state index in [9.17, 15) is 48.3 Å². The van der Waals surface area contributed by atoms with Crippen molar-refractivity contribution in [1.82, 2.24) is 29.9 Å². The predicted octanol–water partition coefficient (Wildman–Crippen LogP) is 4.90. The summed E-state index contributed by atoms with van der Waals surface area (Å²) in [6, 6.07) is 0. The van der Waals surface area contributed by atoms with Crippen LogP contribution in [0.25, 0.3) is 34.2 Å². The lowest BCUT2D eigenvalue weighted by Crippen LogP contribution is -2.11. The maximum atomic E-state index is 14.6. The number of pyridine rings is 3. The van der Waals surface area contributed by atoms with Gasteiger partial charge in [-0.15, -0.1) is 0 Å². The van der Waals surface area contributed by atoms with Crippen LogP contribution in [0, 0.1) is 71.6 Å². The Morgan fingerprint density at radius 3 is 0.889 bits per heavy atom. The monoisotopic (exact) mass is 524 g/mol. The van der Waals surface area contributed by atoms with Crippen LogP contribution >= 0.6 is 0 Å². The molecule has 0 saturated carbocycles. The van der Waals surface area contributed by atoms with Crippen molar-refractivity contribution in [3.05, 3.63) is 70.3 Å². The number of hydrogen-bond acceptors (Lipinski definition) is 6. The summed E-state index contributed by atoms with van der Waals surface area (Å²) in [5, 5.41) is 0. The molecule has 0 radical (unpaired) electrons. The summed E-state index contributed by atoms with van der Waals surface area (Å²) in [5.74, 6) is -28.7. The Balaban J connectivity index is 2.19. The van der Waals surface area contributed by atoms with Crippen molar-refractivity contribution in [2.24, 2.45) is 0 Å². The highest BCUT2D eigenvalue weighted by Crippen LogP contribution is 2.34. The molecule has 186 valence electrons. The maximum Gasteiger partial charge on any atom is 0.252 e. The highest BCUT2D eigenvalue weighted by Gasteiger charge is 2.31. The van der Waals surface area contributed by atoms with E-state index >= 15 is 0 Å². The SMILES string of the molecule is Cc1nc(F)c(F)c(-c2nc(-c3c(F)c(F)nc(F)c3F)nc(-c3c(F)c(F)nc(F)c3F)n2)c1F. The second-order valence-electron chi connectivity index (χ2n) is 6.69. The summed E-state index contributed by atoms with van der Waals surface area (Å²) in [6.07, 6.45) is 0. The molecule has 0 unspecified atom stereocenters. The van der Waals surface area contributed by atoms with Crippen LogP contribution in [0.4, 0.5) is 48.3 Å². The summed E-state index contributed by atoms with van der Waals surface area (Å²) in [6.45, 7) is 0.824. The third-order valence-corrected chi connectivity index (χ3v) is 4.50. The van der Waals surface area contributed by atoms with Crippen molar-refractivity contribution in [1.29, 1.82) is 0 Å². The molecular formula is C19H3F11N6. The summed E-state index contributed by atoms with van der Waals surface area (Å²) >= 11 is 0. The fraction of sp³-hybridized carbons (Fsp3) is 0.0526. The van der Waals surface area contributed by atoms with E-state index in [4.69, 9.17) is 0 Å². The van der Waals surface area contributed by atoms with Gasteiger partial charge in [0.2, 0.25) is 5.95 Å². The van der Waals surface area contributed by atoms with Crippen molar-refractivity contribution in [2.45, 2.75) is 6.92 Å². The summed E-state index contributed by atoms with van der Waals surface area (Å²) < 4.78 is 155. The van der Waals surface area contributed by atoms with Crippen molar-refractivity contribution in [3.63, 3.8) is 0 Å². The van der Waals surface area contributed by atoms with Gasteiger partial charge in [-0.2, -0.15) is 31.9 Å². The van der Waals surface area contributed by atoms with Crippen molar-refractivity contribution in [2.75, 3.05) is 0 Å². The molecule has 0 amide bonds. The summed E-state index contributed by atoms with van der Waals surface area (Å²) in [7, 11) is 0. The van der Waals surface area contributed by atoms with E-state index in [1.165, 1.54) is 0 Å². The van der Waals surface area contributed by atoms with Crippen LogP contribution in [0.2, 0.25) is 0 Å². The Bertz CT molecular complexity index is 1300. The van der Waals surface area contributed by atoms with Crippen LogP contribution < -0.4 is 0 Å². The minimum atomic E-state index is -2.29. The average Bonchev–Trinajstić information content (AvgIpc) is 2.81. The molecule has 36 heavy (non-hydrogen) atoms. The Morgan fingerprint density at radius 2 is 0.583 bits per heavy atom. The van der Waals surface area contributed by atoms with Gasteiger partial charge in [0.05, 0.1) is 11.3 Å². The fourth-order valence-corrected chi connectivity index (χ4v) is 2.90. The molecule has 0 aliphatic carbocycles. The van der Waals surface area contributed by atoms with Crippen LogP contribution in [0.5, 0.6) is 0 Å². The van der Waals surface area contributed by atoms with Crippen LogP contribution in [0.3, 0.4) is 0 Å². The zero-order valence-corrected chi connectivity index (χ0v) is 16.8. The quantitative estimate of drug-likeness (QED) is 0.281. The van der Waals surface area contributed by atoms with E-state index in [1.807, 2.05) is 0 Å². The molecule has 6 nitrogen and oxygen atoms in total. The molecule has 0 aliphatic heterocycles. The lowest BCUT2D eigenvalue weighted by molar-refractivity contribution is 0.409. The van der Waals surface area contributed by atoms with E-state index in [-0.39, 0.29) is 0 Å². The molecule has 4 aromatic rings. The molecule has 0 spiro atoms. The zero-order chi connectivity index (χ0) is 26.6. The summed E-state index contributed by atoms with van der Waals surface area (Å²) in [5.41, 5.74) is -6.03. The first-order chi connectivity index (χ1) is 16.8. The molecule has 0 N–H and O–H groups in total. The Morgan fingerprint density at radius 1 is 0.333 bits per heavy atom. The maximum absolute atomic E-state index is 14.6. The van der Waals surface area contributed by atoms with E-state index in [0.29, 0.717) is 0 Å². The van der Waals surface area contributed by atoms with Crippen molar-refractivity contribution >= 4 is 0 Å². The predicted molar refractivity (Wildman–Crippen MR) is 93.8 cm³/mol. The van der Waals surface area contributed by atoms with Gasteiger partial charge in [0.25, 0.3) is 23.8 Å². The number of rotatable bonds is 3. The summed E-state index contributed by atoms with van der Waals surface area (Å²) in [4.78, 5) is 17.0. The lowest BCUT2D eigenvalue weighted by Gasteiger charge is -2.12. The first-order valence-electron chi connectivity index (χ1n) is 9.01. The van der Waals surface area contributed by atoms with Crippen LogP contribution in [0.1, 0.15) is 5.69 Å². The number of aromatic nitrogens is 6. The second-order valence-corrected chi connectivity index (χ2v) is 6.69. The first kappa shape index (κ1) is 24.8. The minimum Gasteiger partial charge on any atom is -0.219 e. The smallest absolute Gasteiger partial charge is 0.219 e. The van der Waals surface area contributed by atoms with Crippen LogP contribution in [-0.2, 0) is 0 Å². The van der Waals surface area contributed by atoms with Crippen LogP contribution in [0.15, 0.2) is 0 Å². The number of nitrogens with zero attached hydrogens (tertiary/aromatic N) is 6. The van der Waals surface area contributed by atoms with Gasteiger partial charge in [0.15, 0.2) is 52.4 Å². The van der Waals surface area contributed by atoms with Crippen molar-refractivity contribution < 1.29 is 48.3 Å². The number of aryl methyl sites for hydroxylation is 1. The Kier molecular flexibility index (Phi) is 6.01. The molecule has 4 aromatic heterocycles. The van der Waals surface area contributed by atoms with E-state index < -0.39 is 104 Å². The van der Waals surface area contributed by atoms with Crippen LogP contribution in [-0.4, -0.2) is 29.9 Å². The third-order valence-electron chi connectivity index (χ3n) is 4.50. The van der Waals surface area contributed by atoms with E-state index in [0.717, 1.165) is 6.92 Å². The van der Waals surface area contributed by atoms with Gasteiger partial charge in [-0.05, 0) is 6.92 Å². The molecule has 17 heteroatoms. The zero-order valence-electron chi connectivity index (χ0n) is 16.8. The average molecular weight is 524 g/mol. The Labute approximate surface area is 190 Å². The molecule has 4 rings (SSSR count). The fourth-order valence-electron chi connectivity index (χ4n) is 2.90. The molecule has 0 fully saturated rings. The highest BCUT2D eigenvalue weighted by molar-refractivity contribution is 5.68. The topological polar surface area (TPSA) is 77.3 Å². The molecule has 0 saturated heterocycles. The first-order valence-corrected chi connectivity index (χ1v) is 9.01. The largest absolute Gasteiger partial charge is 0.252 e. The number of halogens is 11. The van der Waals surface area contributed by atoms with E-state index in [1.54, 1.807) is 0 Å². The minimum absolute atomic E-state index is 0.824. The normalized spacial score (nSPS) is 11.3. The molecule has 0 aliphatic rings. The van der Waals surface area contributed by atoms with Gasteiger partial charge in [-0.3, -0.25) is 0 Å². The van der Waals surface area contributed by atoms with Gasteiger partial charge >= 0.3 is 0 Å². The standard InChI is InChI=1S/C19H3F11N6/c1-2-6(20)3(7(21)12(26)31-2)17-34-18(4-8(22)13(27)32-14(28)9(4)23)36-19(35-17)5-10(24)15(29)33-16(30)11(5)25/h1H3. The third kappa shape index (κ3) is 3.85. The van der Waals surface area contributed by atoms with Gasteiger partial charge in [0, 0.05) is 0 Å². The molecule has 4 heterocycles. The second kappa shape index (κ2) is 8.72. The van der Waals surface area contributed by atoms with Gasteiger partial charge < -0.3 is 0 Å². The molecular weight excluding hydrogens is 521 g/mol. The molecule has 0 aromatic carbocycles. The van der Waals surface area contributed by atoms with E-state index in [2.05, 4.69) is 29.9 Å². The molecule has 0 atom stereocenters. The van der Waals surface area contributed by atoms with Gasteiger partial charge in [0.1, 0.15) is 11.1 Å². The number of hydrogen-bond donors (Lipinski definition) is 0. The van der Waals surface area contributed by atoms with Gasteiger partial charge in [-0.1, -0.05) is 0 Å². The highest BCUT2D eigenvalue weighted by atomic mass is 19.2. The van der Waals surface area contributed by atoms with Gasteiger partial charge in [-0.25, -0.2) is 46.3 Å².